The third-order valence-electron chi connectivity index (χ3n) is 5.13. The van der Waals surface area contributed by atoms with Gasteiger partial charge in [-0.25, -0.2) is 14.2 Å². The first-order valence-corrected chi connectivity index (χ1v) is 10.4. The Balaban J connectivity index is 1.46. The van der Waals surface area contributed by atoms with Crippen molar-refractivity contribution < 1.29 is 18.7 Å². The average molecular weight is 429 g/mol. The minimum atomic E-state index is -1.03. The van der Waals surface area contributed by atoms with Crippen molar-refractivity contribution in [3.8, 4) is 0 Å². The second-order valence-electron chi connectivity index (χ2n) is 7.22. The number of fused-ring (bicyclic) bond motifs is 2. The summed E-state index contributed by atoms with van der Waals surface area (Å²) >= 11 is 1.11. The lowest BCUT2D eigenvalue weighted by Gasteiger charge is -2.13. The van der Waals surface area contributed by atoms with Gasteiger partial charge >= 0.3 is 5.97 Å². The molecule has 3 heterocycles. The molecule has 1 unspecified atom stereocenters. The molecule has 9 heteroatoms. The van der Waals surface area contributed by atoms with Gasteiger partial charge in [0.25, 0.3) is 11.5 Å². The van der Waals surface area contributed by atoms with Gasteiger partial charge in [0.15, 0.2) is 6.10 Å². The number of carbonyl (C=O) groups is 2. The second-order valence-corrected chi connectivity index (χ2v) is 8.22. The molecule has 0 aliphatic carbocycles. The van der Waals surface area contributed by atoms with Crippen LogP contribution in [0.5, 0.6) is 0 Å². The fraction of sp³-hybridized carbons (Fsp3) is 0.333. The standard InChI is InChI=1S/C21H20FN3O4S/c1-11-16-19(24-15-4-3-9-25(15)20(16)27)30-17(11)21(28)29-12(2)18(26)23-10-13-5-7-14(22)8-6-13/h5-8,12H,3-4,9-10H2,1-2H3,(H,23,26). The third kappa shape index (κ3) is 3.72. The molecule has 0 fully saturated rings. The van der Waals surface area contributed by atoms with Gasteiger partial charge in [0.1, 0.15) is 21.3 Å². The van der Waals surface area contributed by atoms with Gasteiger partial charge in [0, 0.05) is 19.5 Å². The summed E-state index contributed by atoms with van der Waals surface area (Å²) in [5, 5.41) is 3.09. The third-order valence-corrected chi connectivity index (χ3v) is 6.30. The number of carbonyl (C=O) groups excluding carboxylic acids is 2. The number of benzene rings is 1. The molecule has 1 aliphatic heterocycles. The highest BCUT2D eigenvalue weighted by Crippen LogP contribution is 2.29. The summed E-state index contributed by atoms with van der Waals surface area (Å²) in [6.07, 6.45) is 0.604. The lowest BCUT2D eigenvalue weighted by Crippen LogP contribution is -2.35. The number of ether oxygens (including phenoxy) is 1. The molecule has 30 heavy (non-hydrogen) atoms. The molecule has 0 saturated carbocycles. The van der Waals surface area contributed by atoms with Crippen molar-refractivity contribution in [1.29, 1.82) is 0 Å². The van der Waals surface area contributed by atoms with Gasteiger partial charge in [-0.2, -0.15) is 0 Å². The van der Waals surface area contributed by atoms with Crippen LogP contribution in [0.2, 0.25) is 0 Å². The zero-order valence-electron chi connectivity index (χ0n) is 16.5. The van der Waals surface area contributed by atoms with Crippen molar-refractivity contribution in [3.63, 3.8) is 0 Å². The molecule has 1 aliphatic rings. The lowest BCUT2D eigenvalue weighted by molar-refractivity contribution is -0.129. The van der Waals surface area contributed by atoms with Crippen LogP contribution in [0.15, 0.2) is 29.1 Å². The van der Waals surface area contributed by atoms with E-state index in [9.17, 15) is 18.8 Å². The highest BCUT2D eigenvalue weighted by atomic mass is 32.1. The summed E-state index contributed by atoms with van der Waals surface area (Å²) in [4.78, 5) is 43.0. The van der Waals surface area contributed by atoms with E-state index < -0.39 is 18.0 Å². The Bertz CT molecular complexity index is 1200. The van der Waals surface area contributed by atoms with Crippen LogP contribution in [-0.4, -0.2) is 27.5 Å². The molecule has 0 saturated heterocycles. The van der Waals surface area contributed by atoms with Crippen molar-refractivity contribution in [2.24, 2.45) is 0 Å². The van der Waals surface area contributed by atoms with Gasteiger partial charge in [-0.15, -0.1) is 11.3 Å². The summed E-state index contributed by atoms with van der Waals surface area (Å²) in [6.45, 7) is 3.99. The minimum absolute atomic E-state index is 0.134. The van der Waals surface area contributed by atoms with Crippen LogP contribution in [0.3, 0.4) is 0 Å². The summed E-state index contributed by atoms with van der Waals surface area (Å²) in [5.74, 6) is -0.749. The predicted octanol–water partition coefficient (Wildman–Crippen LogP) is 2.71. The summed E-state index contributed by atoms with van der Waals surface area (Å²) in [6, 6.07) is 5.74. The monoisotopic (exact) mass is 429 g/mol. The van der Waals surface area contributed by atoms with Crippen LogP contribution in [0.4, 0.5) is 4.39 Å². The molecular formula is C21H20FN3O4S. The highest BCUT2D eigenvalue weighted by Gasteiger charge is 2.26. The maximum Gasteiger partial charge on any atom is 0.349 e. The van der Waals surface area contributed by atoms with Crippen molar-refractivity contribution in [2.75, 3.05) is 0 Å². The Morgan fingerprint density at radius 3 is 2.80 bits per heavy atom. The molecule has 0 bridgehead atoms. The Hall–Kier alpha value is -3.07. The molecular weight excluding hydrogens is 409 g/mol. The number of hydrogen-bond acceptors (Lipinski definition) is 6. The van der Waals surface area contributed by atoms with E-state index in [2.05, 4.69) is 10.3 Å². The Morgan fingerprint density at radius 1 is 1.33 bits per heavy atom. The molecule has 1 amide bonds. The van der Waals surface area contributed by atoms with Crippen molar-refractivity contribution in [1.82, 2.24) is 14.9 Å². The van der Waals surface area contributed by atoms with Crippen LogP contribution in [0.1, 0.15) is 40.0 Å². The number of esters is 1. The molecule has 3 aromatic rings. The van der Waals surface area contributed by atoms with Crippen LogP contribution in [0, 0.1) is 12.7 Å². The van der Waals surface area contributed by atoms with E-state index in [1.54, 1.807) is 23.6 Å². The largest absolute Gasteiger partial charge is 0.448 e. The molecule has 2 aromatic heterocycles. The fourth-order valence-electron chi connectivity index (χ4n) is 3.47. The first-order chi connectivity index (χ1) is 14.3. The predicted molar refractivity (Wildman–Crippen MR) is 110 cm³/mol. The van der Waals surface area contributed by atoms with Gasteiger partial charge in [-0.05, 0) is 43.5 Å². The molecule has 0 spiro atoms. The van der Waals surface area contributed by atoms with Crippen LogP contribution >= 0.6 is 11.3 Å². The minimum Gasteiger partial charge on any atom is -0.448 e. The van der Waals surface area contributed by atoms with Gasteiger partial charge in [0.05, 0.1) is 5.39 Å². The van der Waals surface area contributed by atoms with E-state index in [1.807, 2.05) is 0 Å². The van der Waals surface area contributed by atoms with Gasteiger partial charge in [-0.3, -0.25) is 14.2 Å². The Morgan fingerprint density at radius 2 is 2.07 bits per heavy atom. The number of nitrogens with zero attached hydrogens (tertiary/aromatic N) is 2. The molecule has 4 rings (SSSR count). The molecule has 1 N–H and O–H groups in total. The lowest BCUT2D eigenvalue weighted by atomic mass is 10.2. The second kappa shape index (κ2) is 7.98. The van der Waals surface area contributed by atoms with Crippen molar-refractivity contribution in [3.05, 3.63) is 62.3 Å². The summed E-state index contributed by atoms with van der Waals surface area (Å²) < 4.78 is 19.9. The zero-order valence-corrected chi connectivity index (χ0v) is 17.3. The highest BCUT2D eigenvalue weighted by molar-refractivity contribution is 7.20. The number of aryl methyl sites for hydroxylation is 2. The van der Waals surface area contributed by atoms with Gasteiger partial charge < -0.3 is 10.1 Å². The number of hydrogen-bond donors (Lipinski definition) is 1. The van der Waals surface area contributed by atoms with Crippen LogP contribution in [-0.2, 0) is 29.0 Å². The summed E-state index contributed by atoms with van der Waals surface area (Å²) in [7, 11) is 0. The van der Waals surface area contributed by atoms with E-state index in [0.717, 1.165) is 35.6 Å². The maximum atomic E-state index is 13.0. The maximum absolute atomic E-state index is 13.0. The quantitative estimate of drug-likeness (QED) is 0.630. The van der Waals surface area contributed by atoms with Gasteiger partial charge in [-0.1, -0.05) is 12.1 Å². The fourth-order valence-corrected chi connectivity index (χ4v) is 4.55. The molecule has 7 nitrogen and oxygen atoms in total. The number of thiophene rings is 1. The average Bonchev–Trinajstić information content (AvgIpc) is 3.32. The SMILES string of the molecule is Cc1c(C(=O)OC(C)C(=O)NCc2ccc(F)cc2)sc2nc3n(c(=O)c12)CCC3. The normalized spacial score (nSPS) is 13.8. The van der Waals surface area contributed by atoms with E-state index in [1.165, 1.54) is 19.1 Å². The smallest absolute Gasteiger partial charge is 0.349 e. The van der Waals surface area contributed by atoms with E-state index in [0.29, 0.717) is 22.3 Å². The van der Waals surface area contributed by atoms with E-state index in [4.69, 9.17) is 4.74 Å². The molecule has 156 valence electrons. The number of nitrogens with one attached hydrogen (secondary N) is 1. The van der Waals surface area contributed by atoms with Crippen molar-refractivity contribution >= 4 is 33.4 Å². The zero-order chi connectivity index (χ0) is 21.4. The molecule has 1 aromatic carbocycles. The van der Waals surface area contributed by atoms with E-state index >= 15 is 0 Å². The number of amides is 1. The van der Waals surface area contributed by atoms with E-state index in [-0.39, 0.29) is 22.8 Å². The Labute approximate surface area is 175 Å². The Kier molecular flexibility index (Phi) is 5.38. The van der Waals surface area contributed by atoms with Gasteiger partial charge in [0.2, 0.25) is 0 Å². The van der Waals surface area contributed by atoms with Crippen LogP contribution in [0.25, 0.3) is 10.2 Å². The van der Waals surface area contributed by atoms with Crippen molar-refractivity contribution in [2.45, 2.75) is 45.9 Å². The van der Waals surface area contributed by atoms with Crippen LogP contribution < -0.4 is 10.9 Å². The topological polar surface area (TPSA) is 90.3 Å². The summed E-state index contributed by atoms with van der Waals surface area (Å²) in [5.41, 5.74) is 1.12. The molecule has 1 atom stereocenters. The number of rotatable bonds is 5. The first kappa shape index (κ1) is 20.2. The number of aromatic nitrogens is 2. The first-order valence-electron chi connectivity index (χ1n) is 9.61. The molecule has 0 radical (unpaired) electrons. The number of halogens is 1.